The van der Waals surface area contributed by atoms with Gasteiger partial charge in [-0.2, -0.15) is 8.42 Å². The lowest BCUT2D eigenvalue weighted by atomic mass is 10.0. The number of hydrogen-bond acceptors (Lipinski definition) is 4. The normalized spacial score (nSPS) is 20.1. The SMILES string of the molecule is CCCCCCC(=O)CS(C)(OS(=O)(=O)CCCC)C1CCCCC1. The molecular weight excluding hydrogens is 356 g/mol. The van der Waals surface area contributed by atoms with E-state index in [0.29, 0.717) is 18.6 Å². The topological polar surface area (TPSA) is 60.4 Å². The van der Waals surface area contributed by atoms with Crippen molar-refractivity contribution in [1.82, 2.24) is 0 Å². The van der Waals surface area contributed by atoms with Gasteiger partial charge in [-0.15, -0.1) is 10.3 Å². The Morgan fingerprint density at radius 1 is 0.960 bits per heavy atom. The molecule has 1 rings (SSSR count). The molecule has 0 aromatic heterocycles. The summed E-state index contributed by atoms with van der Waals surface area (Å²) in [5.41, 5.74) is 0. The van der Waals surface area contributed by atoms with E-state index < -0.39 is 20.4 Å². The summed E-state index contributed by atoms with van der Waals surface area (Å²) in [6, 6.07) is 0. The second kappa shape index (κ2) is 11.6. The van der Waals surface area contributed by atoms with Crippen LogP contribution in [0.25, 0.3) is 0 Å². The van der Waals surface area contributed by atoms with Crippen molar-refractivity contribution in [1.29, 1.82) is 0 Å². The average Bonchev–Trinajstić information content (AvgIpc) is 2.57. The minimum absolute atomic E-state index is 0.0729. The molecule has 0 spiro atoms. The smallest absolute Gasteiger partial charge is 0.276 e. The third-order valence-corrected chi connectivity index (χ3v) is 10.7. The number of hydrogen-bond donors (Lipinski definition) is 0. The number of Topliss-reactive ketones (excluding diaryl/α,β-unsaturated/α-hetero) is 1. The van der Waals surface area contributed by atoms with Crippen LogP contribution in [0.3, 0.4) is 0 Å². The maximum Gasteiger partial charge on any atom is 0.276 e. The first-order chi connectivity index (χ1) is 11.8. The van der Waals surface area contributed by atoms with E-state index in [1.807, 2.05) is 13.2 Å². The summed E-state index contributed by atoms with van der Waals surface area (Å²) in [5.74, 6) is 0.573. The quantitative estimate of drug-likeness (QED) is 0.395. The monoisotopic (exact) mass is 394 g/mol. The second-order valence-corrected chi connectivity index (χ2v) is 12.7. The van der Waals surface area contributed by atoms with Gasteiger partial charge in [0, 0.05) is 11.7 Å². The van der Waals surface area contributed by atoms with Gasteiger partial charge in [-0.3, -0.25) is 4.79 Å². The van der Waals surface area contributed by atoms with Gasteiger partial charge in [-0.1, -0.05) is 58.8 Å². The van der Waals surface area contributed by atoms with E-state index in [1.54, 1.807) is 0 Å². The van der Waals surface area contributed by atoms with Crippen LogP contribution >= 0.6 is 10.3 Å². The summed E-state index contributed by atoms with van der Waals surface area (Å²) in [5, 5.41) is 0.247. The highest BCUT2D eigenvalue weighted by atomic mass is 32.3. The fourth-order valence-electron chi connectivity index (χ4n) is 3.49. The molecule has 1 unspecified atom stereocenters. The molecule has 25 heavy (non-hydrogen) atoms. The standard InChI is InChI=1S/C19H38O4S2/c1-4-6-8-10-13-18(20)17-24(3,19-14-11-9-12-15-19)23-25(21,22)16-7-5-2/h19H,4-17H2,1-3H3. The van der Waals surface area contributed by atoms with Crippen LogP contribution in [0.2, 0.25) is 0 Å². The molecule has 0 aromatic carbocycles. The van der Waals surface area contributed by atoms with Crippen molar-refractivity contribution in [3.05, 3.63) is 0 Å². The van der Waals surface area contributed by atoms with Crippen LogP contribution in [0.5, 0.6) is 0 Å². The predicted octanol–water partition coefficient (Wildman–Crippen LogP) is 5.35. The van der Waals surface area contributed by atoms with Crippen molar-refractivity contribution in [3.63, 3.8) is 0 Å². The third-order valence-electron chi connectivity index (χ3n) is 5.02. The van der Waals surface area contributed by atoms with Crippen molar-refractivity contribution in [2.75, 3.05) is 17.8 Å². The zero-order valence-corrected chi connectivity index (χ0v) is 18.1. The van der Waals surface area contributed by atoms with E-state index in [1.165, 1.54) is 6.42 Å². The first kappa shape index (κ1) is 23.0. The van der Waals surface area contributed by atoms with E-state index >= 15 is 0 Å². The van der Waals surface area contributed by atoms with Crippen LogP contribution in [0.4, 0.5) is 0 Å². The summed E-state index contributed by atoms with van der Waals surface area (Å²) >= 11 is 0. The molecule has 1 aliphatic rings. The zero-order chi connectivity index (χ0) is 18.8. The van der Waals surface area contributed by atoms with Gasteiger partial charge in [0.15, 0.2) is 0 Å². The van der Waals surface area contributed by atoms with Gasteiger partial charge in [-0.05, 0) is 31.9 Å². The molecule has 0 bridgehead atoms. The third kappa shape index (κ3) is 8.91. The van der Waals surface area contributed by atoms with Gasteiger partial charge in [-0.25, -0.2) is 3.63 Å². The van der Waals surface area contributed by atoms with Crippen LogP contribution in [0.1, 0.15) is 90.9 Å². The van der Waals surface area contributed by atoms with Crippen molar-refractivity contribution >= 4 is 26.2 Å². The molecule has 4 nitrogen and oxygen atoms in total. The fraction of sp³-hybridized carbons (Fsp3) is 0.947. The van der Waals surface area contributed by atoms with Crippen LogP contribution in [-0.2, 0) is 18.5 Å². The maximum atomic E-state index is 12.5. The van der Waals surface area contributed by atoms with E-state index in [0.717, 1.165) is 57.8 Å². The summed E-state index contributed by atoms with van der Waals surface area (Å²) in [6.45, 7) is 4.13. The lowest BCUT2D eigenvalue weighted by Gasteiger charge is -2.43. The maximum absolute atomic E-state index is 12.5. The molecule has 0 amide bonds. The zero-order valence-electron chi connectivity index (χ0n) is 16.4. The highest BCUT2D eigenvalue weighted by Crippen LogP contribution is 2.56. The van der Waals surface area contributed by atoms with E-state index in [9.17, 15) is 13.2 Å². The minimum atomic E-state index is -3.54. The molecule has 0 saturated heterocycles. The summed E-state index contributed by atoms with van der Waals surface area (Å²) < 4.78 is 30.6. The van der Waals surface area contributed by atoms with Crippen LogP contribution < -0.4 is 0 Å². The first-order valence-electron chi connectivity index (χ1n) is 10.0. The molecule has 0 N–H and O–H groups in total. The highest BCUT2D eigenvalue weighted by molar-refractivity contribution is 8.33. The van der Waals surface area contributed by atoms with Crippen molar-refractivity contribution in [2.24, 2.45) is 0 Å². The molecule has 1 atom stereocenters. The Balaban J connectivity index is 2.75. The molecule has 0 aromatic rings. The predicted molar refractivity (Wildman–Crippen MR) is 109 cm³/mol. The first-order valence-corrected chi connectivity index (χ1v) is 13.8. The van der Waals surface area contributed by atoms with Gasteiger partial charge in [0.2, 0.25) is 0 Å². The number of carbonyl (C=O) groups excluding carboxylic acids is 1. The molecule has 1 fully saturated rings. The van der Waals surface area contributed by atoms with Crippen LogP contribution in [0, 0.1) is 0 Å². The minimum Gasteiger partial charge on any atom is -0.299 e. The number of ketones is 1. The van der Waals surface area contributed by atoms with E-state index in [2.05, 4.69) is 6.92 Å². The fourth-order valence-corrected chi connectivity index (χ4v) is 9.29. The van der Waals surface area contributed by atoms with Gasteiger partial charge >= 0.3 is 0 Å². The van der Waals surface area contributed by atoms with Crippen molar-refractivity contribution < 1.29 is 16.8 Å². The van der Waals surface area contributed by atoms with Crippen molar-refractivity contribution in [2.45, 2.75) is 96.1 Å². The second-order valence-electron chi connectivity index (χ2n) is 7.51. The molecule has 1 aliphatic carbocycles. The van der Waals surface area contributed by atoms with Gasteiger partial charge in [0.05, 0.1) is 11.5 Å². The Labute approximate surface area is 157 Å². The number of unbranched alkanes of at least 4 members (excludes halogenated alkanes) is 4. The molecule has 0 radical (unpaired) electrons. The Hall–Kier alpha value is -0.0700. The van der Waals surface area contributed by atoms with E-state index in [-0.39, 0.29) is 16.8 Å². The van der Waals surface area contributed by atoms with E-state index in [4.69, 9.17) is 3.63 Å². The average molecular weight is 395 g/mol. The Bertz CT molecular complexity index is 484. The van der Waals surface area contributed by atoms with Crippen molar-refractivity contribution in [3.8, 4) is 0 Å². The molecular formula is C19H38O4S2. The Morgan fingerprint density at radius 3 is 2.20 bits per heavy atom. The molecule has 150 valence electrons. The molecule has 6 heteroatoms. The molecule has 0 aliphatic heterocycles. The largest absolute Gasteiger partial charge is 0.299 e. The number of carbonyl (C=O) groups is 1. The highest BCUT2D eigenvalue weighted by Gasteiger charge is 2.37. The van der Waals surface area contributed by atoms with Gasteiger partial charge in [0.1, 0.15) is 5.78 Å². The summed E-state index contributed by atoms with van der Waals surface area (Å²) in [6.07, 6.45) is 13.7. The summed E-state index contributed by atoms with van der Waals surface area (Å²) in [4.78, 5) is 12.5. The Kier molecular flexibility index (Phi) is 10.7. The van der Waals surface area contributed by atoms with Crippen LogP contribution in [-0.4, -0.2) is 37.2 Å². The Morgan fingerprint density at radius 2 is 1.60 bits per heavy atom. The van der Waals surface area contributed by atoms with Gasteiger partial charge < -0.3 is 0 Å². The van der Waals surface area contributed by atoms with Crippen LogP contribution in [0.15, 0.2) is 0 Å². The summed E-state index contributed by atoms with van der Waals surface area (Å²) in [7, 11) is -5.45. The van der Waals surface area contributed by atoms with Gasteiger partial charge in [0.25, 0.3) is 10.1 Å². The molecule has 1 saturated carbocycles. The lowest BCUT2D eigenvalue weighted by molar-refractivity contribution is -0.116. The molecule has 0 heterocycles. The number of rotatable bonds is 13. The lowest BCUT2D eigenvalue weighted by Crippen LogP contribution is -2.30.